The zero-order valence-electron chi connectivity index (χ0n) is 14.0. The summed E-state index contributed by atoms with van der Waals surface area (Å²) in [6.07, 6.45) is 2.17. The summed E-state index contributed by atoms with van der Waals surface area (Å²) in [7, 11) is 1.79. The number of benzene rings is 2. The molecule has 3 rings (SSSR count). The van der Waals surface area contributed by atoms with Crippen LogP contribution < -0.4 is 4.90 Å². The molecule has 0 aliphatic heterocycles. The Hall–Kier alpha value is -3.28. The number of rotatable bonds is 5. The van der Waals surface area contributed by atoms with Crippen LogP contribution >= 0.6 is 0 Å². The minimum atomic E-state index is -0.567. The topological polar surface area (TPSA) is 53.4 Å². The van der Waals surface area contributed by atoms with Gasteiger partial charge < -0.3 is 10.0 Å². The number of phenolic OH excluding ortho intramolecular Hbond substituents is 1. The van der Waals surface area contributed by atoms with Gasteiger partial charge in [0.1, 0.15) is 17.4 Å². The quantitative estimate of drug-likeness (QED) is 0.699. The van der Waals surface area contributed by atoms with E-state index in [2.05, 4.69) is 4.98 Å². The molecular formula is C20H16F2N2O2. The molecule has 4 nitrogen and oxygen atoms in total. The highest BCUT2D eigenvalue weighted by atomic mass is 19.1. The molecule has 0 saturated heterocycles. The van der Waals surface area contributed by atoms with Crippen molar-refractivity contribution in [1.82, 2.24) is 4.98 Å². The van der Waals surface area contributed by atoms with Crippen LogP contribution in [0.15, 0.2) is 54.7 Å². The van der Waals surface area contributed by atoms with Crippen molar-refractivity contribution in [3.05, 3.63) is 77.5 Å². The Labute approximate surface area is 149 Å². The van der Waals surface area contributed by atoms with Crippen LogP contribution in [-0.2, 0) is 6.54 Å². The van der Waals surface area contributed by atoms with Gasteiger partial charge in [-0.25, -0.2) is 8.78 Å². The van der Waals surface area contributed by atoms with E-state index >= 15 is 0 Å². The van der Waals surface area contributed by atoms with E-state index in [4.69, 9.17) is 0 Å². The number of phenols is 1. The number of aromatic hydroxyl groups is 1. The Bertz CT molecular complexity index is 943. The fourth-order valence-electron chi connectivity index (χ4n) is 2.75. The predicted octanol–water partition coefficient (Wildman–Crippen LogP) is 4.18. The Morgan fingerprint density at radius 3 is 2.42 bits per heavy atom. The molecule has 0 spiro atoms. The summed E-state index contributed by atoms with van der Waals surface area (Å²) in [6.45, 7) is 0.291. The third-order valence-corrected chi connectivity index (χ3v) is 4.10. The molecule has 26 heavy (non-hydrogen) atoms. The maximum Gasteiger partial charge on any atom is 0.150 e. The molecule has 0 aliphatic rings. The van der Waals surface area contributed by atoms with Gasteiger partial charge in [0.05, 0.1) is 5.69 Å². The smallest absolute Gasteiger partial charge is 0.150 e. The zero-order valence-corrected chi connectivity index (χ0v) is 14.0. The number of nitrogens with zero attached hydrogens (tertiary/aromatic N) is 2. The Kier molecular flexibility index (Phi) is 4.93. The van der Waals surface area contributed by atoms with E-state index < -0.39 is 5.82 Å². The first kappa shape index (κ1) is 17.5. The summed E-state index contributed by atoms with van der Waals surface area (Å²) in [5.41, 5.74) is 2.46. The van der Waals surface area contributed by atoms with Crippen LogP contribution in [0.1, 0.15) is 15.9 Å². The summed E-state index contributed by atoms with van der Waals surface area (Å²) >= 11 is 0. The Morgan fingerprint density at radius 1 is 1.08 bits per heavy atom. The lowest BCUT2D eigenvalue weighted by atomic mass is 10.00. The SMILES string of the molecule is CN(Cc1c(C=O)ccnc1-c1ccc(F)cc1O)c1ccc(F)cc1. The van der Waals surface area contributed by atoms with Gasteiger partial charge in [0, 0.05) is 48.2 Å². The van der Waals surface area contributed by atoms with E-state index in [0.29, 0.717) is 35.2 Å². The van der Waals surface area contributed by atoms with Crippen molar-refractivity contribution in [3.8, 4) is 17.0 Å². The molecule has 0 bridgehead atoms. The van der Waals surface area contributed by atoms with Gasteiger partial charge in [-0.3, -0.25) is 9.78 Å². The molecule has 1 N–H and O–H groups in total. The lowest BCUT2D eigenvalue weighted by molar-refractivity contribution is 0.112. The lowest BCUT2D eigenvalue weighted by Gasteiger charge is -2.22. The number of anilines is 1. The Balaban J connectivity index is 2.05. The number of carbonyl (C=O) groups excluding carboxylic acids is 1. The molecule has 132 valence electrons. The number of carbonyl (C=O) groups is 1. The highest BCUT2D eigenvalue weighted by Gasteiger charge is 2.17. The van der Waals surface area contributed by atoms with Crippen LogP contribution in [0.5, 0.6) is 5.75 Å². The van der Waals surface area contributed by atoms with E-state index in [1.54, 1.807) is 25.2 Å². The van der Waals surface area contributed by atoms with Crippen molar-refractivity contribution in [2.45, 2.75) is 6.54 Å². The summed E-state index contributed by atoms with van der Waals surface area (Å²) in [5.74, 6) is -1.16. The van der Waals surface area contributed by atoms with Crippen LogP contribution in [0.2, 0.25) is 0 Å². The molecule has 1 aromatic heterocycles. The van der Waals surface area contributed by atoms with Gasteiger partial charge in [0.15, 0.2) is 6.29 Å². The minimum Gasteiger partial charge on any atom is -0.507 e. The standard InChI is InChI=1S/C20H16F2N2O2/c1-24(16-5-2-14(21)3-6-16)11-18-13(12-25)8-9-23-20(18)17-7-4-15(22)10-19(17)26/h2-10,12,26H,11H2,1H3. The van der Waals surface area contributed by atoms with Gasteiger partial charge in [0.2, 0.25) is 0 Å². The third kappa shape index (κ3) is 3.54. The molecule has 1 heterocycles. The average molecular weight is 354 g/mol. The second-order valence-electron chi connectivity index (χ2n) is 5.84. The van der Waals surface area contributed by atoms with Crippen LogP contribution in [0.3, 0.4) is 0 Å². The van der Waals surface area contributed by atoms with E-state index in [1.165, 1.54) is 30.5 Å². The van der Waals surface area contributed by atoms with Crippen LogP contribution in [0, 0.1) is 11.6 Å². The number of hydrogen-bond donors (Lipinski definition) is 1. The molecule has 0 atom stereocenters. The number of halogens is 2. The van der Waals surface area contributed by atoms with Gasteiger partial charge >= 0.3 is 0 Å². The van der Waals surface area contributed by atoms with E-state index in [0.717, 1.165) is 11.8 Å². The fourth-order valence-corrected chi connectivity index (χ4v) is 2.75. The largest absolute Gasteiger partial charge is 0.507 e. The first-order valence-electron chi connectivity index (χ1n) is 7.88. The number of hydrogen-bond acceptors (Lipinski definition) is 4. The lowest BCUT2D eigenvalue weighted by Crippen LogP contribution is -2.18. The second kappa shape index (κ2) is 7.31. The van der Waals surface area contributed by atoms with E-state index in [9.17, 15) is 18.7 Å². The first-order valence-corrected chi connectivity index (χ1v) is 7.88. The fraction of sp³-hybridized carbons (Fsp3) is 0.100. The van der Waals surface area contributed by atoms with Crippen molar-refractivity contribution in [3.63, 3.8) is 0 Å². The normalized spacial score (nSPS) is 10.6. The molecule has 0 saturated carbocycles. The average Bonchev–Trinajstić information content (AvgIpc) is 2.63. The summed E-state index contributed by atoms with van der Waals surface area (Å²) in [4.78, 5) is 17.6. The maximum absolute atomic E-state index is 13.3. The van der Waals surface area contributed by atoms with Crippen LogP contribution in [-0.4, -0.2) is 23.4 Å². The summed E-state index contributed by atoms with van der Waals surface area (Å²) < 4.78 is 26.4. The molecule has 3 aromatic rings. The zero-order chi connectivity index (χ0) is 18.7. The molecule has 2 aromatic carbocycles. The van der Waals surface area contributed by atoms with Gasteiger partial charge in [-0.05, 0) is 42.5 Å². The number of aromatic nitrogens is 1. The molecule has 6 heteroatoms. The van der Waals surface area contributed by atoms with E-state index in [-0.39, 0.29) is 11.6 Å². The van der Waals surface area contributed by atoms with Crippen molar-refractivity contribution < 1.29 is 18.7 Å². The van der Waals surface area contributed by atoms with Crippen molar-refractivity contribution in [2.75, 3.05) is 11.9 Å². The number of aldehydes is 1. The van der Waals surface area contributed by atoms with Gasteiger partial charge in [-0.2, -0.15) is 0 Å². The van der Waals surface area contributed by atoms with Gasteiger partial charge in [-0.1, -0.05) is 0 Å². The summed E-state index contributed by atoms with van der Waals surface area (Å²) in [5, 5.41) is 10.1. The Morgan fingerprint density at radius 2 is 1.77 bits per heavy atom. The monoisotopic (exact) mass is 354 g/mol. The predicted molar refractivity (Wildman–Crippen MR) is 95.2 cm³/mol. The first-order chi connectivity index (χ1) is 12.5. The maximum atomic E-state index is 13.3. The molecule has 0 amide bonds. The van der Waals surface area contributed by atoms with Gasteiger partial charge in [-0.15, -0.1) is 0 Å². The highest BCUT2D eigenvalue weighted by Crippen LogP contribution is 2.32. The van der Waals surface area contributed by atoms with Crippen LogP contribution in [0.25, 0.3) is 11.3 Å². The van der Waals surface area contributed by atoms with Gasteiger partial charge in [0.25, 0.3) is 0 Å². The number of pyridine rings is 1. The third-order valence-electron chi connectivity index (χ3n) is 4.10. The molecule has 0 radical (unpaired) electrons. The van der Waals surface area contributed by atoms with E-state index in [1.807, 2.05) is 4.90 Å². The van der Waals surface area contributed by atoms with Crippen molar-refractivity contribution >= 4 is 12.0 Å². The van der Waals surface area contributed by atoms with Crippen molar-refractivity contribution in [1.29, 1.82) is 0 Å². The molecule has 0 aliphatic carbocycles. The molecular weight excluding hydrogens is 338 g/mol. The highest BCUT2D eigenvalue weighted by molar-refractivity contribution is 5.83. The van der Waals surface area contributed by atoms with Crippen molar-refractivity contribution in [2.24, 2.45) is 0 Å². The van der Waals surface area contributed by atoms with Crippen LogP contribution in [0.4, 0.5) is 14.5 Å². The second-order valence-corrected chi connectivity index (χ2v) is 5.84. The summed E-state index contributed by atoms with van der Waals surface area (Å²) in [6, 6.07) is 11.2. The minimum absolute atomic E-state index is 0.258. The molecule has 0 fully saturated rings. The molecule has 0 unspecified atom stereocenters.